The van der Waals surface area contributed by atoms with Crippen LogP contribution in [0, 0.1) is 5.92 Å². The minimum absolute atomic E-state index is 0.110. The van der Waals surface area contributed by atoms with Crippen molar-refractivity contribution < 1.29 is 18.9 Å². The van der Waals surface area contributed by atoms with E-state index in [2.05, 4.69) is 12.2 Å². The molecule has 118 valence electrons. The van der Waals surface area contributed by atoms with Crippen LogP contribution in [0.4, 0.5) is 0 Å². The van der Waals surface area contributed by atoms with Gasteiger partial charge in [-0.2, -0.15) is 0 Å². The zero-order valence-electron chi connectivity index (χ0n) is 13.4. The number of benzene rings is 1. The summed E-state index contributed by atoms with van der Waals surface area (Å²) in [5, 5.41) is 3.40. The third-order valence-electron chi connectivity index (χ3n) is 4.24. The Morgan fingerprint density at radius 2 is 1.76 bits per heavy atom. The standard InChI is InChI=1S/C16H25NO4/c1-10-12(6-7-21-10)16(17-2)15-13(19-4)8-11(18-3)9-14(15)20-5/h8-10,12,16-17H,6-7H2,1-5H3. The van der Waals surface area contributed by atoms with Crippen molar-refractivity contribution in [3.05, 3.63) is 17.7 Å². The highest BCUT2D eigenvalue weighted by molar-refractivity contribution is 5.52. The van der Waals surface area contributed by atoms with Crippen molar-refractivity contribution in [3.8, 4) is 17.2 Å². The Bertz CT molecular complexity index is 452. The predicted octanol–water partition coefficient (Wildman–Crippen LogP) is 2.40. The van der Waals surface area contributed by atoms with Gasteiger partial charge in [0.25, 0.3) is 0 Å². The van der Waals surface area contributed by atoms with E-state index < -0.39 is 0 Å². The Morgan fingerprint density at radius 3 is 2.14 bits per heavy atom. The number of nitrogens with one attached hydrogen (secondary N) is 1. The molecule has 1 aliphatic rings. The quantitative estimate of drug-likeness (QED) is 0.873. The monoisotopic (exact) mass is 295 g/mol. The maximum absolute atomic E-state index is 5.72. The molecule has 0 amide bonds. The molecular weight excluding hydrogens is 270 g/mol. The summed E-state index contributed by atoms with van der Waals surface area (Å²) in [4.78, 5) is 0. The Kier molecular flexibility index (Phi) is 5.31. The van der Waals surface area contributed by atoms with Crippen LogP contribution in [0.3, 0.4) is 0 Å². The highest BCUT2D eigenvalue weighted by atomic mass is 16.5. The molecule has 3 atom stereocenters. The molecule has 1 heterocycles. The van der Waals surface area contributed by atoms with Crippen LogP contribution < -0.4 is 19.5 Å². The van der Waals surface area contributed by atoms with E-state index in [9.17, 15) is 0 Å². The van der Waals surface area contributed by atoms with Gasteiger partial charge >= 0.3 is 0 Å². The van der Waals surface area contributed by atoms with Crippen molar-refractivity contribution in [2.24, 2.45) is 5.92 Å². The summed E-state index contributed by atoms with van der Waals surface area (Å²) >= 11 is 0. The molecule has 1 aromatic rings. The van der Waals surface area contributed by atoms with Gasteiger partial charge in [-0.15, -0.1) is 0 Å². The van der Waals surface area contributed by atoms with Crippen molar-refractivity contribution in [3.63, 3.8) is 0 Å². The maximum Gasteiger partial charge on any atom is 0.131 e. The molecule has 0 aromatic heterocycles. The molecular formula is C16H25NO4. The first kappa shape index (κ1) is 15.9. The Labute approximate surface area is 126 Å². The van der Waals surface area contributed by atoms with Gasteiger partial charge in [-0.1, -0.05) is 0 Å². The summed E-state index contributed by atoms with van der Waals surface area (Å²) in [5.74, 6) is 2.64. The molecule has 5 heteroatoms. The number of hydrogen-bond donors (Lipinski definition) is 1. The van der Waals surface area contributed by atoms with Crippen LogP contribution in [-0.4, -0.2) is 41.1 Å². The number of methoxy groups -OCH3 is 3. The van der Waals surface area contributed by atoms with E-state index in [0.29, 0.717) is 5.92 Å². The highest BCUT2D eigenvalue weighted by Crippen LogP contribution is 2.43. The Hall–Kier alpha value is -1.46. The van der Waals surface area contributed by atoms with E-state index in [0.717, 1.165) is 35.8 Å². The van der Waals surface area contributed by atoms with Gasteiger partial charge in [0.15, 0.2) is 0 Å². The van der Waals surface area contributed by atoms with E-state index in [1.807, 2.05) is 19.2 Å². The van der Waals surface area contributed by atoms with E-state index in [-0.39, 0.29) is 12.1 Å². The van der Waals surface area contributed by atoms with E-state index in [1.165, 1.54) is 0 Å². The molecule has 0 spiro atoms. The van der Waals surface area contributed by atoms with E-state index in [4.69, 9.17) is 18.9 Å². The molecule has 1 aromatic carbocycles. The molecule has 1 saturated heterocycles. The number of ether oxygens (including phenoxy) is 4. The molecule has 0 saturated carbocycles. The maximum atomic E-state index is 5.72. The SMILES string of the molecule is CNC(c1c(OC)cc(OC)cc1OC)C1CCOC1C. The number of hydrogen-bond acceptors (Lipinski definition) is 5. The van der Waals surface area contributed by atoms with E-state index >= 15 is 0 Å². The first-order chi connectivity index (χ1) is 10.2. The van der Waals surface area contributed by atoms with Crippen LogP contribution in [0.5, 0.6) is 17.2 Å². The molecule has 0 bridgehead atoms. The molecule has 1 N–H and O–H groups in total. The van der Waals surface area contributed by atoms with Gasteiger partial charge in [0.2, 0.25) is 0 Å². The van der Waals surface area contributed by atoms with Crippen molar-refractivity contribution in [2.75, 3.05) is 35.0 Å². The van der Waals surface area contributed by atoms with Gasteiger partial charge in [0, 0.05) is 30.7 Å². The smallest absolute Gasteiger partial charge is 0.131 e. The van der Waals surface area contributed by atoms with Crippen molar-refractivity contribution in [2.45, 2.75) is 25.5 Å². The van der Waals surface area contributed by atoms with Crippen molar-refractivity contribution in [1.82, 2.24) is 5.32 Å². The van der Waals surface area contributed by atoms with Crippen LogP contribution in [0.2, 0.25) is 0 Å². The van der Waals surface area contributed by atoms with Gasteiger partial charge in [-0.25, -0.2) is 0 Å². The van der Waals surface area contributed by atoms with Gasteiger partial charge in [-0.3, -0.25) is 0 Å². The molecule has 0 aliphatic carbocycles. The average Bonchev–Trinajstić information content (AvgIpc) is 2.94. The normalized spacial score (nSPS) is 22.9. The fourth-order valence-corrected chi connectivity index (χ4v) is 3.10. The second-order valence-electron chi connectivity index (χ2n) is 5.24. The van der Waals surface area contributed by atoms with Crippen LogP contribution in [0.1, 0.15) is 24.9 Å². The average molecular weight is 295 g/mol. The van der Waals surface area contributed by atoms with Crippen molar-refractivity contribution >= 4 is 0 Å². The Morgan fingerprint density at radius 1 is 1.14 bits per heavy atom. The molecule has 1 aliphatic heterocycles. The zero-order chi connectivity index (χ0) is 15.4. The van der Waals surface area contributed by atoms with Gasteiger partial charge in [0.05, 0.1) is 33.0 Å². The third kappa shape index (κ3) is 3.09. The molecule has 3 unspecified atom stereocenters. The van der Waals surface area contributed by atoms with Crippen molar-refractivity contribution in [1.29, 1.82) is 0 Å². The molecule has 21 heavy (non-hydrogen) atoms. The zero-order valence-corrected chi connectivity index (χ0v) is 13.4. The van der Waals surface area contributed by atoms with E-state index in [1.54, 1.807) is 21.3 Å². The van der Waals surface area contributed by atoms with Gasteiger partial charge in [-0.05, 0) is 20.4 Å². The molecule has 0 radical (unpaired) electrons. The minimum atomic E-state index is 0.110. The molecule has 5 nitrogen and oxygen atoms in total. The summed E-state index contributed by atoms with van der Waals surface area (Å²) in [5.41, 5.74) is 1.02. The van der Waals surface area contributed by atoms with Crippen LogP contribution in [0.15, 0.2) is 12.1 Å². The summed E-state index contributed by atoms with van der Waals surface area (Å²) in [7, 11) is 6.92. The highest BCUT2D eigenvalue weighted by Gasteiger charge is 2.35. The van der Waals surface area contributed by atoms with Crippen LogP contribution >= 0.6 is 0 Å². The lowest BCUT2D eigenvalue weighted by atomic mass is 9.87. The second-order valence-corrected chi connectivity index (χ2v) is 5.24. The first-order valence-electron chi connectivity index (χ1n) is 7.25. The minimum Gasteiger partial charge on any atom is -0.496 e. The first-order valence-corrected chi connectivity index (χ1v) is 7.25. The Balaban J connectivity index is 2.48. The van der Waals surface area contributed by atoms with Crippen LogP contribution in [-0.2, 0) is 4.74 Å². The number of rotatable bonds is 6. The molecule has 2 rings (SSSR count). The lowest BCUT2D eigenvalue weighted by Gasteiger charge is -2.28. The lowest BCUT2D eigenvalue weighted by Crippen LogP contribution is -2.30. The summed E-state index contributed by atoms with van der Waals surface area (Å²) in [6, 6.07) is 3.89. The topological polar surface area (TPSA) is 49.0 Å². The second kappa shape index (κ2) is 7.00. The largest absolute Gasteiger partial charge is 0.496 e. The molecule has 1 fully saturated rings. The fraction of sp³-hybridized carbons (Fsp3) is 0.625. The van der Waals surface area contributed by atoms with Gasteiger partial charge in [0.1, 0.15) is 17.2 Å². The lowest BCUT2D eigenvalue weighted by molar-refractivity contribution is 0.0956. The third-order valence-corrected chi connectivity index (χ3v) is 4.24. The predicted molar refractivity (Wildman–Crippen MR) is 81.4 cm³/mol. The van der Waals surface area contributed by atoms with Crippen LogP contribution in [0.25, 0.3) is 0 Å². The summed E-state index contributed by atoms with van der Waals surface area (Å²) in [6.45, 7) is 2.91. The summed E-state index contributed by atoms with van der Waals surface area (Å²) < 4.78 is 22.2. The van der Waals surface area contributed by atoms with Gasteiger partial charge < -0.3 is 24.3 Å². The fourth-order valence-electron chi connectivity index (χ4n) is 3.10. The summed E-state index contributed by atoms with van der Waals surface area (Å²) in [6.07, 6.45) is 1.23.